The van der Waals surface area contributed by atoms with Crippen LogP contribution in [-0.2, 0) is 6.42 Å². The average molecular weight is 219 g/mol. The van der Waals surface area contributed by atoms with E-state index < -0.39 is 0 Å². The highest BCUT2D eigenvalue weighted by molar-refractivity contribution is 5.30. The van der Waals surface area contributed by atoms with Gasteiger partial charge >= 0.3 is 0 Å². The Bertz CT molecular complexity index is 348. The van der Waals surface area contributed by atoms with Gasteiger partial charge in [-0.1, -0.05) is 24.3 Å². The maximum atomic E-state index is 10.4. The van der Waals surface area contributed by atoms with Crippen LogP contribution >= 0.6 is 0 Å². The Morgan fingerprint density at radius 1 is 1.31 bits per heavy atom. The molecule has 2 rings (SSSR count). The van der Waals surface area contributed by atoms with Crippen LogP contribution in [0.2, 0.25) is 0 Å². The van der Waals surface area contributed by atoms with E-state index in [9.17, 15) is 5.11 Å². The summed E-state index contributed by atoms with van der Waals surface area (Å²) < 4.78 is 0. The van der Waals surface area contributed by atoms with Crippen LogP contribution < -0.4 is 0 Å². The van der Waals surface area contributed by atoms with Crippen molar-refractivity contribution >= 4 is 0 Å². The molecule has 0 bridgehead atoms. The van der Waals surface area contributed by atoms with E-state index >= 15 is 0 Å². The van der Waals surface area contributed by atoms with Gasteiger partial charge in [-0.05, 0) is 44.5 Å². The predicted octanol–water partition coefficient (Wildman–Crippen LogP) is 2.23. The van der Waals surface area contributed by atoms with Gasteiger partial charge in [0.1, 0.15) is 0 Å². The van der Waals surface area contributed by atoms with E-state index in [1.165, 1.54) is 12.0 Å². The zero-order valence-electron chi connectivity index (χ0n) is 10.2. The largest absolute Gasteiger partial charge is 0.388 e. The van der Waals surface area contributed by atoms with Crippen LogP contribution in [0.25, 0.3) is 0 Å². The molecule has 0 amide bonds. The molecule has 0 unspecified atom stereocenters. The molecule has 2 nitrogen and oxygen atoms in total. The zero-order valence-corrected chi connectivity index (χ0v) is 10.2. The molecular formula is C14H21NO. The normalized spacial score (nSPS) is 25.2. The third-order valence-electron chi connectivity index (χ3n) is 3.44. The minimum Gasteiger partial charge on any atom is -0.388 e. The summed E-state index contributed by atoms with van der Waals surface area (Å²) in [7, 11) is 4.15. The number of fused-ring (bicyclic) bond motifs is 1. The number of aryl methyl sites for hydroxylation is 1. The van der Waals surface area contributed by atoms with Crippen LogP contribution in [0.15, 0.2) is 24.3 Å². The summed E-state index contributed by atoms with van der Waals surface area (Å²) in [6.45, 7) is 0.968. The third-order valence-corrected chi connectivity index (χ3v) is 3.44. The molecule has 16 heavy (non-hydrogen) atoms. The Morgan fingerprint density at radius 2 is 2.06 bits per heavy atom. The number of nitrogens with zero attached hydrogens (tertiary/aromatic N) is 1. The number of rotatable bonds is 2. The van der Waals surface area contributed by atoms with Gasteiger partial charge in [0.05, 0.1) is 6.10 Å². The summed E-state index contributed by atoms with van der Waals surface area (Å²) in [4.78, 5) is 2.17. The lowest BCUT2D eigenvalue weighted by Gasteiger charge is -2.24. The predicted molar refractivity (Wildman–Crippen MR) is 66.4 cm³/mol. The molecule has 0 saturated carbocycles. The minimum absolute atomic E-state index is 0.291. The Balaban J connectivity index is 2.22. The summed E-state index contributed by atoms with van der Waals surface area (Å²) in [6.07, 6.45) is 3.12. The van der Waals surface area contributed by atoms with Crippen LogP contribution in [0.4, 0.5) is 0 Å². The molecule has 0 radical (unpaired) electrons. The van der Waals surface area contributed by atoms with Crippen molar-refractivity contribution < 1.29 is 5.11 Å². The Kier molecular flexibility index (Phi) is 3.62. The van der Waals surface area contributed by atoms with E-state index in [0.29, 0.717) is 5.92 Å². The first kappa shape index (κ1) is 11.6. The van der Waals surface area contributed by atoms with Gasteiger partial charge < -0.3 is 10.0 Å². The Hall–Kier alpha value is -0.860. The SMILES string of the molecule is CN(C)C[C@H]1CCCc2ccccc2[C@H]1O. The van der Waals surface area contributed by atoms with E-state index in [0.717, 1.165) is 24.9 Å². The fourth-order valence-corrected chi connectivity index (χ4v) is 2.68. The molecule has 0 heterocycles. The Labute approximate surface area is 97.9 Å². The van der Waals surface area contributed by atoms with Crippen molar-refractivity contribution in [1.29, 1.82) is 0 Å². The van der Waals surface area contributed by atoms with Gasteiger partial charge in [0.2, 0.25) is 0 Å². The van der Waals surface area contributed by atoms with Crippen molar-refractivity contribution in [2.45, 2.75) is 25.4 Å². The lowest BCUT2D eigenvalue weighted by atomic mass is 9.93. The third kappa shape index (κ3) is 2.45. The fraction of sp³-hybridized carbons (Fsp3) is 0.571. The maximum Gasteiger partial charge on any atom is 0.0833 e. The second kappa shape index (κ2) is 4.98. The summed E-state index contributed by atoms with van der Waals surface area (Å²) in [5.74, 6) is 0.374. The van der Waals surface area contributed by atoms with Crippen molar-refractivity contribution in [3.05, 3.63) is 35.4 Å². The molecule has 1 N–H and O–H groups in total. The topological polar surface area (TPSA) is 23.5 Å². The number of benzene rings is 1. The number of aliphatic hydroxyl groups is 1. The first-order valence-corrected chi connectivity index (χ1v) is 6.09. The molecule has 2 atom stereocenters. The first-order chi connectivity index (χ1) is 7.68. The lowest BCUT2D eigenvalue weighted by molar-refractivity contribution is 0.0873. The van der Waals surface area contributed by atoms with Gasteiger partial charge in [0, 0.05) is 12.5 Å². The molecule has 0 spiro atoms. The molecule has 0 aromatic heterocycles. The summed E-state index contributed by atoms with van der Waals surface area (Å²) in [5.41, 5.74) is 2.48. The number of aliphatic hydroxyl groups excluding tert-OH is 1. The number of hydrogen-bond acceptors (Lipinski definition) is 2. The van der Waals surface area contributed by atoms with Crippen molar-refractivity contribution in [2.75, 3.05) is 20.6 Å². The molecule has 0 aliphatic heterocycles. The average Bonchev–Trinajstić information content (AvgIpc) is 2.40. The minimum atomic E-state index is -0.291. The fourth-order valence-electron chi connectivity index (χ4n) is 2.68. The molecule has 0 saturated heterocycles. The van der Waals surface area contributed by atoms with Crippen LogP contribution in [0.3, 0.4) is 0 Å². The second-order valence-electron chi connectivity index (χ2n) is 5.06. The molecular weight excluding hydrogens is 198 g/mol. The van der Waals surface area contributed by atoms with Crippen molar-refractivity contribution in [3.63, 3.8) is 0 Å². The highest BCUT2D eigenvalue weighted by atomic mass is 16.3. The monoisotopic (exact) mass is 219 g/mol. The molecule has 1 aliphatic carbocycles. The van der Waals surface area contributed by atoms with Crippen LogP contribution in [0.5, 0.6) is 0 Å². The highest BCUT2D eigenvalue weighted by Gasteiger charge is 2.25. The smallest absolute Gasteiger partial charge is 0.0833 e. The summed E-state index contributed by atoms with van der Waals surface area (Å²) in [5, 5.41) is 10.4. The van der Waals surface area contributed by atoms with Gasteiger partial charge in [0.25, 0.3) is 0 Å². The van der Waals surface area contributed by atoms with Gasteiger partial charge in [-0.15, -0.1) is 0 Å². The van der Waals surface area contributed by atoms with Crippen LogP contribution in [0, 0.1) is 5.92 Å². The molecule has 1 aliphatic rings. The van der Waals surface area contributed by atoms with Crippen molar-refractivity contribution in [3.8, 4) is 0 Å². The summed E-state index contributed by atoms with van der Waals surface area (Å²) in [6, 6.07) is 8.32. The second-order valence-corrected chi connectivity index (χ2v) is 5.06. The quantitative estimate of drug-likeness (QED) is 0.771. The van der Waals surface area contributed by atoms with Gasteiger partial charge in [-0.3, -0.25) is 0 Å². The van der Waals surface area contributed by atoms with Gasteiger partial charge in [-0.25, -0.2) is 0 Å². The standard InChI is InChI=1S/C14H21NO/c1-15(2)10-12-8-5-7-11-6-3-4-9-13(11)14(12)16/h3-4,6,9,12,14,16H,5,7-8,10H2,1-2H3/t12-,14+/m1/s1. The highest BCUT2D eigenvalue weighted by Crippen LogP contribution is 2.33. The maximum absolute atomic E-state index is 10.4. The van der Waals surface area contributed by atoms with Crippen LogP contribution in [0.1, 0.15) is 30.1 Å². The first-order valence-electron chi connectivity index (χ1n) is 6.09. The Morgan fingerprint density at radius 3 is 2.81 bits per heavy atom. The molecule has 88 valence electrons. The lowest BCUT2D eigenvalue weighted by Crippen LogP contribution is -2.26. The molecule has 1 aromatic carbocycles. The van der Waals surface area contributed by atoms with E-state index in [1.807, 2.05) is 6.07 Å². The van der Waals surface area contributed by atoms with E-state index in [1.54, 1.807) is 0 Å². The van der Waals surface area contributed by atoms with Crippen molar-refractivity contribution in [1.82, 2.24) is 4.90 Å². The molecule has 0 fully saturated rings. The van der Waals surface area contributed by atoms with Gasteiger partial charge in [-0.2, -0.15) is 0 Å². The van der Waals surface area contributed by atoms with Crippen LogP contribution in [-0.4, -0.2) is 30.6 Å². The van der Waals surface area contributed by atoms with Gasteiger partial charge in [0.15, 0.2) is 0 Å². The zero-order chi connectivity index (χ0) is 11.5. The number of hydrogen-bond donors (Lipinski definition) is 1. The summed E-state index contributed by atoms with van der Waals surface area (Å²) >= 11 is 0. The molecule has 1 aromatic rings. The molecule has 2 heteroatoms. The van der Waals surface area contributed by atoms with E-state index in [-0.39, 0.29) is 6.10 Å². The van der Waals surface area contributed by atoms with E-state index in [4.69, 9.17) is 0 Å². The van der Waals surface area contributed by atoms with Crippen molar-refractivity contribution in [2.24, 2.45) is 5.92 Å². The van der Waals surface area contributed by atoms with E-state index in [2.05, 4.69) is 37.2 Å².